The number of hydrogen-bond donors (Lipinski definition) is 1. The van der Waals surface area contributed by atoms with Gasteiger partial charge in [0.15, 0.2) is 0 Å². The maximum Gasteiger partial charge on any atom is 0.144 e. The molecule has 0 aliphatic carbocycles. The zero-order valence-corrected chi connectivity index (χ0v) is 13.7. The molecule has 5 heteroatoms. The van der Waals surface area contributed by atoms with Crippen molar-refractivity contribution in [1.29, 1.82) is 0 Å². The topological polar surface area (TPSA) is 50.3 Å². The van der Waals surface area contributed by atoms with E-state index in [1.807, 2.05) is 13.0 Å². The van der Waals surface area contributed by atoms with Crippen molar-refractivity contribution in [1.82, 2.24) is 14.9 Å². The largest absolute Gasteiger partial charge is 0.380 e. The third-order valence-electron chi connectivity index (χ3n) is 4.10. The molecule has 5 nitrogen and oxygen atoms in total. The van der Waals surface area contributed by atoms with E-state index < -0.39 is 0 Å². The number of rotatable bonds is 6. The summed E-state index contributed by atoms with van der Waals surface area (Å²) in [6, 6.07) is 2.01. The minimum absolute atomic E-state index is 0.321. The Kier molecular flexibility index (Phi) is 5.94. The van der Waals surface area contributed by atoms with E-state index in [1.165, 1.54) is 6.42 Å². The lowest BCUT2D eigenvalue weighted by atomic mass is 9.96. The van der Waals surface area contributed by atoms with Gasteiger partial charge in [0.25, 0.3) is 0 Å². The van der Waals surface area contributed by atoms with Gasteiger partial charge in [-0.25, -0.2) is 9.97 Å². The quantitative estimate of drug-likeness (QED) is 0.873. The van der Waals surface area contributed by atoms with Gasteiger partial charge < -0.3 is 10.1 Å². The number of likely N-dealkylation sites (tertiary alicyclic amines) is 1. The minimum Gasteiger partial charge on any atom is -0.380 e. The number of anilines is 1. The van der Waals surface area contributed by atoms with Gasteiger partial charge in [0.2, 0.25) is 0 Å². The second-order valence-corrected chi connectivity index (χ2v) is 6.01. The minimum atomic E-state index is 0.321. The molecule has 118 valence electrons. The van der Waals surface area contributed by atoms with E-state index in [9.17, 15) is 0 Å². The molecule has 0 amide bonds. The van der Waals surface area contributed by atoms with E-state index in [-0.39, 0.29) is 0 Å². The van der Waals surface area contributed by atoms with Crippen LogP contribution in [0.3, 0.4) is 0 Å². The average Bonchev–Trinajstić information content (AvgIpc) is 2.46. The molecule has 1 aliphatic heterocycles. The van der Waals surface area contributed by atoms with Crippen LogP contribution in [0.25, 0.3) is 0 Å². The van der Waals surface area contributed by atoms with Gasteiger partial charge in [0, 0.05) is 32.0 Å². The maximum absolute atomic E-state index is 5.58. The molecule has 2 heterocycles. The number of aromatic nitrogens is 2. The Hall–Kier alpha value is -1.20. The molecule has 0 aromatic carbocycles. The summed E-state index contributed by atoms with van der Waals surface area (Å²) in [5, 5.41) is 3.35. The third-order valence-corrected chi connectivity index (χ3v) is 4.10. The van der Waals surface area contributed by atoms with Crippen LogP contribution in [0.2, 0.25) is 0 Å². The molecule has 21 heavy (non-hydrogen) atoms. The lowest BCUT2D eigenvalue weighted by molar-refractivity contribution is -0.00815. The molecule has 1 aromatic heterocycles. The van der Waals surface area contributed by atoms with Crippen molar-refractivity contribution >= 4 is 5.82 Å². The summed E-state index contributed by atoms with van der Waals surface area (Å²) in [5.74, 6) is 2.47. The number of nitrogens with one attached hydrogen (secondary N) is 1. The molecule has 2 unspecified atom stereocenters. The smallest absolute Gasteiger partial charge is 0.144 e. The van der Waals surface area contributed by atoms with Crippen LogP contribution in [0, 0.1) is 12.8 Å². The standard InChI is InChI=1S/C16H28N4O/c1-5-7-17-15-9-13(3)18-16(19-15)11-20-8-6-12(2)14(10-20)21-4/h9,12,14H,5-8,10-11H2,1-4H3,(H,17,18,19). The molecule has 0 radical (unpaired) electrons. The molecule has 0 spiro atoms. The van der Waals surface area contributed by atoms with Gasteiger partial charge in [-0.3, -0.25) is 4.90 Å². The fourth-order valence-electron chi connectivity index (χ4n) is 2.79. The molecular weight excluding hydrogens is 264 g/mol. The number of piperidine rings is 1. The molecule has 1 aliphatic rings. The van der Waals surface area contributed by atoms with Crippen LogP contribution in [0.1, 0.15) is 38.2 Å². The summed E-state index contributed by atoms with van der Waals surface area (Å²) in [7, 11) is 1.81. The highest BCUT2D eigenvalue weighted by atomic mass is 16.5. The fourth-order valence-corrected chi connectivity index (χ4v) is 2.79. The van der Waals surface area contributed by atoms with Crippen LogP contribution < -0.4 is 5.32 Å². The van der Waals surface area contributed by atoms with Crippen molar-refractivity contribution in [2.45, 2.75) is 46.3 Å². The second-order valence-electron chi connectivity index (χ2n) is 6.01. The molecule has 1 aromatic rings. The predicted molar refractivity (Wildman–Crippen MR) is 85.4 cm³/mol. The maximum atomic E-state index is 5.58. The van der Waals surface area contributed by atoms with Gasteiger partial charge in [-0.05, 0) is 32.2 Å². The Balaban J connectivity index is 2.00. The zero-order chi connectivity index (χ0) is 15.2. The fraction of sp³-hybridized carbons (Fsp3) is 0.750. The average molecular weight is 292 g/mol. The summed E-state index contributed by atoms with van der Waals surface area (Å²) in [4.78, 5) is 11.6. The number of methoxy groups -OCH3 is 1. The molecule has 0 bridgehead atoms. The van der Waals surface area contributed by atoms with Gasteiger partial charge in [0.1, 0.15) is 11.6 Å². The second kappa shape index (κ2) is 7.71. The van der Waals surface area contributed by atoms with Crippen LogP contribution in [-0.4, -0.2) is 47.7 Å². The van der Waals surface area contributed by atoms with Gasteiger partial charge in [-0.15, -0.1) is 0 Å². The molecule has 1 N–H and O–H groups in total. The third kappa shape index (κ3) is 4.64. The van der Waals surface area contributed by atoms with E-state index in [0.717, 1.165) is 49.9 Å². The molecular formula is C16H28N4O. The van der Waals surface area contributed by atoms with Crippen molar-refractivity contribution in [2.24, 2.45) is 5.92 Å². The summed E-state index contributed by atoms with van der Waals surface area (Å²) in [6.07, 6.45) is 2.59. The highest BCUT2D eigenvalue weighted by Gasteiger charge is 2.26. The molecule has 2 atom stereocenters. The highest BCUT2D eigenvalue weighted by molar-refractivity contribution is 5.35. The van der Waals surface area contributed by atoms with Crippen molar-refractivity contribution in [2.75, 3.05) is 32.1 Å². The molecule has 2 rings (SSSR count). The number of hydrogen-bond acceptors (Lipinski definition) is 5. The number of ether oxygens (including phenoxy) is 1. The lowest BCUT2D eigenvalue weighted by Crippen LogP contribution is -2.43. The van der Waals surface area contributed by atoms with Crippen LogP contribution >= 0.6 is 0 Å². The Morgan fingerprint density at radius 2 is 2.24 bits per heavy atom. The number of nitrogens with zero attached hydrogens (tertiary/aromatic N) is 3. The molecule has 0 saturated carbocycles. The number of aryl methyl sites for hydroxylation is 1. The van der Waals surface area contributed by atoms with Crippen LogP contribution in [0.15, 0.2) is 6.07 Å². The predicted octanol–water partition coefficient (Wildman–Crippen LogP) is 2.46. The molecule has 1 saturated heterocycles. The van der Waals surface area contributed by atoms with Crippen molar-refractivity contribution in [3.63, 3.8) is 0 Å². The Bertz CT molecular complexity index is 452. The summed E-state index contributed by atoms with van der Waals surface area (Å²) >= 11 is 0. The zero-order valence-electron chi connectivity index (χ0n) is 13.7. The van der Waals surface area contributed by atoms with E-state index in [0.29, 0.717) is 12.0 Å². The van der Waals surface area contributed by atoms with E-state index in [2.05, 4.69) is 34.0 Å². The van der Waals surface area contributed by atoms with Gasteiger partial charge in [-0.2, -0.15) is 0 Å². The Morgan fingerprint density at radius 1 is 1.43 bits per heavy atom. The van der Waals surface area contributed by atoms with Crippen LogP contribution in [-0.2, 0) is 11.3 Å². The molecule has 1 fully saturated rings. The highest BCUT2D eigenvalue weighted by Crippen LogP contribution is 2.20. The van der Waals surface area contributed by atoms with Gasteiger partial charge >= 0.3 is 0 Å². The van der Waals surface area contributed by atoms with Gasteiger partial charge in [-0.1, -0.05) is 13.8 Å². The monoisotopic (exact) mass is 292 g/mol. The first-order valence-corrected chi connectivity index (χ1v) is 7.96. The first-order valence-electron chi connectivity index (χ1n) is 7.96. The summed E-state index contributed by atoms with van der Waals surface area (Å²) < 4.78 is 5.58. The van der Waals surface area contributed by atoms with E-state index in [4.69, 9.17) is 4.74 Å². The Labute approximate surface area is 128 Å². The summed E-state index contributed by atoms with van der Waals surface area (Å²) in [6.45, 7) is 10.3. The van der Waals surface area contributed by atoms with E-state index in [1.54, 1.807) is 7.11 Å². The van der Waals surface area contributed by atoms with Crippen molar-refractivity contribution < 1.29 is 4.74 Å². The van der Waals surface area contributed by atoms with Crippen molar-refractivity contribution in [3.8, 4) is 0 Å². The summed E-state index contributed by atoms with van der Waals surface area (Å²) in [5.41, 5.74) is 1.02. The van der Waals surface area contributed by atoms with E-state index >= 15 is 0 Å². The first kappa shape index (κ1) is 16.2. The Morgan fingerprint density at radius 3 is 2.95 bits per heavy atom. The van der Waals surface area contributed by atoms with Crippen LogP contribution in [0.5, 0.6) is 0 Å². The normalized spacial score (nSPS) is 23.2. The van der Waals surface area contributed by atoms with Crippen molar-refractivity contribution in [3.05, 3.63) is 17.6 Å². The van der Waals surface area contributed by atoms with Gasteiger partial charge in [0.05, 0.1) is 12.6 Å². The SMILES string of the molecule is CCCNc1cc(C)nc(CN2CCC(C)C(OC)C2)n1. The van der Waals surface area contributed by atoms with Crippen LogP contribution in [0.4, 0.5) is 5.82 Å². The lowest BCUT2D eigenvalue weighted by Gasteiger charge is -2.35. The first-order chi connectivity index (χ1) is 10.1.